The highest BCUT2D eigenvalue weighted by molar-refractivity contribution is 5.94. The average molecular weight is 348 g/mol. The van der Waals surface area contributed by atoms with Crippen LogP contribution in [0.25, 0.3) is 5.70 Å². The monoisotopic (exact) mass is 348 g/mol. The SMILES string of the molecule is CCOC(=O)C1=C(C)NC(c2ccc(C)cc2)=C(N)C1c1ccccc1. The number of carbonyl (C=O) groups excluding carboxylic acids is 1. The normalized spacial score (nSPS) is 17.1. The van der Waals surface area contributed by atoms with E-state index in [0.29, 0.717) is 17.9 Å². The number of ether oxygens (including phenoxy) is 1. The topological polar surface area (TPSA) is 64.3 Å². The Hall–Kier alpha value is -3.01. The molecular weight excluding hydrogens is 324 g/mol. The molecule has 26 heavy (non-hydrogen) atoms. The van der Waals surface area contributed by atoms with E-state index in [0.717, 1.165) is 22.5 Å². The summed E-state index contributed by atoms with van der Waals surface area (Å²) in [6.07, 6.45) is 0. The quantitative estimate of drug-likeness (QED) is 0.824. The van der Waals surface area contributed by atoms with Gasteiger partial charge in [-0.05, 0) is 31.9 Å². The van der Waals surface area contributed by atoms with Crippen LogP contribution in [-0.4, -0.2) is 12.6 Å². The van der Waals surface area contributed by atoms with Crippen molar-refractivity contribution < 1.29 is 9.53 Å². The number of benzene rings is 2. The van der Waals surface area contributed by atoms with Crippen molar-refractivity contribution in [2.24, 2.45) is 5.73 Å². The summed E-state index contributed by atoms with van der Waals surface area (Å²) in [4.78, 5) is 12.6. The van der Waals surface area contributed by atoms with Crippen LogP contribution in [0.3, 0.4) is 0 Å². The Bertz CT molecular complexity index is 865. The summed E-state index contributed by atoms with van der Waals surface area (Å²) in [5.41, 5.74) is 12.5. The van der Waals surface area contributed by atoms with E-state index in [1.165, 1.54) is 5.56 Å². The third kappa shape index (κ3) is 3.36. The second kappa shape index (κ2) is 7.48. The summed E-state index contributed by atoms with van der Waals surface area (Å²) < 4.78 is 5.29. The maximum Gasteiger partial charge on any atom is 0.336 e. The van der Waals surface area contributed by atoms with Gasteiger partial charge < -0.3 is 15.8 Å². The molecular formula is C22H24N2O2. The summed E-state index contributed by atoms with van der Waals surface area (Å²) in [5.74, 6) is -0.676. The minimum absolute atomic E-state index is 0.325. The van der Waals surface area contributed by atoms with Crippen LogP contribution in [0.1, 0.15) is 36.5 Å². The Morgan fingerprint density at radius 1 is 1.08 bits per heavy atom. The second-order valence-corrected chi connectivity index (χ2v) is 6.42. The number of nitrogens with one attached hydrogen (secondary N) is 1. The number of hydrogen-bond donors (Lipinski definition) is 2. The Balaban J connectivity index is 2.14. The summed E-state index contributed by atoms with van der Waals surface area (Å²) in [7, 11) is 0. The Kier molecular flexibility index (Phi) is 5.12. The molecule has 3 rings (SSSR count). The van der Waals surface area contributed by atoms with Gasteiger partial charge in [-0.3, -0.25) is 0 Å². The molecule has 0 amide bonds. The molecule has 0 aromatic heterocycles. The molecule has 1 heterocycles. The zero-order valence-corrected chi connectivity index (χ0v) is 15.4. The highest BCUT2D eigenvalue weighted by Crippen LogP contribution is 2.38. The van der Waals surface area contributed by atoms with E-state index in [1.54, 1.807) is 6.92 Å². The van der Waals surface area contributed by atoms with Crippen molar-refractivity contribution in [1.29, 1.82) is 0 Å². The Morgan fingerprint density at radius 3 is 2.35 bits per heavy atom. The Morgan fingerprint density at radius 2 is 1.73 bits per heavy atom. The third-order valence-corrected chi connectivity index (χ3v) is 4.57. The zero-order chi connectivity index (χ0) is 18.7. The number of allylic oxidation sites excluding steroid dienone is 2. The third-order valence-electron chi connectivity index (χ3n) is 4.57. The number of aryl methyl sites for hydroxylation is 1. The minimum Gasteiger partial charge on any atom is -0.463 e. The van der Waals surface area contributed by atoms with Crippen LogP contribution in [0.2, 0.25) is 0 Å². The first-order valence-corrected chi connectivity index (χ1v) is 8.79. The van der Waals surface area contributed by atoms with Gasteiger partial charge in [-0.1, -0.05) is 60.2 Å². The lowest BCUT2D eigenvalue weighted by molar-refractivity contribution is -0.138. The molecule has 0 spiro atoms. The minimum atomic E-state index is -0.340. The van der Waals surface area contributed by atoms with Crippen LogP contribution < -0.4 is 11.1 Å². The van der Waals surface area contributed by atoms with Crippen molar-refractivity contribution >= 4 is 11.7 Å². The van der Waals surface area contributed by atoms with Gasteiger partial charge in [0.2, 0.25) is 0 Å². The molecule has 0 fully saturated rings. The van der Waals surface area contributed by atoms with E-state index in [9.17, 15) is 4.79 Å². The molecule has 0 radical (unpaired) electrons. The number of hydrogen-bond acceptors (Lipinski definition) is 4. The summed E-state index contributed by atoms with van der Waals surface area (Å²) >= 11 is 0. The highest BCUT2D eigenvalue weighted by Gasteiger charge is 2.33. The second-order valence-electron chi connectivity index (χ2n) is 6.42. The van der Waals surface area contributed by atoms with Crippen LogP contribution in [0.4, 0.5) is 0 Å². The molecule has 4 heteroatoms. The molecule has 0 bridgehead atoms. The molecule has 4 nitrogen and oxygen atoms in total. The highest BCUT2D eigenvalue weighted by atomic mass is 16.5. The van der Waals surface area contributed by atoms with Crippen LogP contribution in [-0.2, 0) is 9.53 Å². The number of nitrogens with two attached hydrogens (primary N) is 1. The predicted molar refractivity (Wildman–Crippen MR) is 104 cm³/mol. The van der Waals surface area contributed by atoms with Gasteiger partial charge in [0.15, 0.2) is 0 Å². The fourth-order valence-corrected chi connectivity index (χ4v) is 3.27. The lowest BCUT2D eigenvalue weighted by atomic mass is 9.83. The first kappa shape index (κ1) is 17.8. The number of esters is 1. The molecule has 2 aromatic rings. The fraction of sp³-hybridized carbons (Fsp3) is 0.227. The van der Waals surface area contributed by atoms with E-state index in [4.69, 9.17) is 10.5 Å². The van der Waals surface area contributed by atoms with Crippen LogP contribution in [0.15, 0.2) is 71.6 Å². The van der Waals surface area contributed by atoms with Gasteiger partial charge in [0.1, 0.15) is 0 Å². The van der Waals surface area contributed by atoms with Crippen molar-refractivity contribution in [2.45, 2.75) is 26.7 Å². The molecule has 1 unspecified atom stereocenters. The van der Waals surface area contributed by atoms with Crippen molar-refractivity contribution in [3.8, 4) is 0 Å². The van der Waals surface area contributed by atoms with Crippen LogP contribution in [0, 0.1) is 6.92 Å². The van der Waals surface area contributed by atoms with Crippen molar-refractivity contribution in [1.82, 2.24) is 5.32 Å². The number of rotatable bonds is 4. The number of carbonyl (C=O) groups is 1. The zero-order valence-electron chi connectivity index (χ0n) is 15.4. The maximum atomic E-state index is 12.6. The molecule has 1 aliphatic rings. The fourth-order valence-electron chi connectivity index (χ4n) is 3.27. The molecule has 2 aromatic carbocycles. The van der Waals surface area contributed by atoms with E-state index < -0.39 is 0 Å². The summed E-state index contributed by atoms with van der Waals surface area (Å²) in [6.45, 7) is 6.07. The first-order chi connectivity index (χ1) is 12.5. The largest absolute Gasteiger partial charge is 0.463 e. The van der Waals surface area contributed by atoms with Gasteiger partial charge in [0.25, 0.3) is 0 Å². The van der Waals surface area contributed by atoms with Crippen LogP contribution >= 0.6 is 0 Å². The van der Waals surface area contributed by atoms with Crippen molar-refractivity contribution in [3.63, 3.8) is 0 Å². The Labute approximate surface area is 154 Å². The molecule has 134 valence electrons. The smallest absolute Gasteiger partial charge is 0.336 e. The first-order valence-electron chi connectivity index (χ1n) is 8.79. The van der Waals surface area contributed by atoms with Gasteiger partial charge in [0.05, 0.1) is 23.8 Å². The van der Waals surface area contributed by atoms with Crippen molar-refractivity contribution in [3.05, 3.63) is 88.3 Å². The van der Waals surface area contributed by atoms with Crippen LogP contribution in [0.5, 0.6) is 0 Å². The number of dihydropyridines is 1. The lowest BCUT2D eigenvalue weighted by Gasteiger charge is -2.31. The van der Waals surface area contributed by atoms with E-state index in [-0.39, 0.29) is 11.9 Å². The van der Waals surface area contributed by atoms with E-state index >= 15 is 0 Å². The standard InChI is InChI=1S/C22H24N2O2/c1-4-26-22(25)18-15(3)24-21(17-12-10-14(2)11-13-17)20(23)19(18)16-8-6-5-7-9-16/h5-13,19,24H,4,23H2,1-3H3. The van der Waals surface area contributed by atoms with Gasteiger partial charge in [-0.25, -0.2) is 4.79 Å². The molecule has 1 atom stereocenters. The van der Waals surface area contributed by atoms with Gasteiger partial charge >= 0.3 is 5.97 Å². The van der Waals surface area contributed by atoms with E-state index in [1.807, 2.05) is 56.3 Å². The summed E-state index contributed by atoms with van der Waals surface area (Å²) in [5, 5.41) is 3.32. The van der Waals surface area contributed by atoms with Gasteiger partial charge in [-0.2, -0.15) is 0 Å². The summed E-state index contributed by atoms with van der Waals surface area (Å²) in [6, 6.07) is 18.0. The van der Waals surface area contributed by atoms with Gasteiger partial charge in [0, 0.05) is 11.4 Å². The molecule has 0 saturated carbocycles. The molecule has 0 aliphatic carbocycles. The maximum absolute atomic E-state index is 12.6. The molecule has 1 aliphatic heterocycles. The van der Waals surface area contributed by atoms with Crippen molar-refractivity contribution in [2.75, 3.05) is 6.61 Å². The lowest BCUT2D eigenvalue weighted by Crippen LogP contribution is -2.32. The predicted octanol–water partition coefficient (Wildman–Crippen LogP) is 3.85. The molecule has 0 saturated heterocycles. The molecule has 3 N–H and O–H groups in total. The van der Waals surface area contributed by atoms with E-state index in [2.05, 4.69) is 17.4 Å². The average Bonchev–Trinajstić information content (AvgIpc) is 2.64. The van der Waals surface area contributed by atoms with Gasteiger partial charge in [-0.15, -0.1) is 0 Å².